The molecule has 1 saturated carbocycles. The molecule has 34 heavy (non-hydrogen) atoms. The van der Waals surface area contributed by atoms with Gasteiger partial charge < -0.3 is 4.74 Å². The molecule has 4 heterocycles. The third-order valence-electron chi connectivity index (χ3n) is 7.64. The average Bonchev–Trinajstić information content (AvgIpc) is 3.24. The number of likely N-dealkylation sites (tertiary alicyclic amines) is 1. The summed E-state index contributed by atoms with van der Waals surface area (Å²) in [6, 6.07) is 4.20. The zero-order valence-corrected chi connectivity index (χ0v) is 20.4. The number of piperidine rings is 1. The second kappa shape index (κ2) is 10.3. The van der Waals surface area contributed by atoms with Gasteiger partial charge in [0.25, 0.3) is 0 Å². The number of nitrogens with zero attached hydrogens (tertiary/aromatic N) is 5. The number of ketones is 1. The van der Waals surface area contributed by atoms with Crippen LogP contribution in [0.25, 0.3) is 22.0 Å². The van der Waals surface area contributed by atoms with E-state index in [-0.39, 0.29) is 5.92 Å². The molecule has 0 spiro atoms. The molecular formula is C27H35N5O2. The van der Waals surface area contributed by atoms with E-state index in [1.807, 2.05) is 30.2 Å². The van der Waals surface area contributed by atoms with Gasteiger partial charge in [0.1, 0.15) is 5.78 Å². The molecule has 3 aromatic rings. The first-order chi connectivity index (χ1) is 16.6. The Labute approximate surface area is 201 Å². The van der Waals surface area contributed by atoms with Gasteiger partial charge in [0.2, 0.25) is 0 Å². The van der Waals surface area contributed by atoms with E-state index >= 15 is 0 Å². The molecule has 0 bridgehead atoms. The standard InChI is InChI=1S/C27H35N5O2/c1-31-26(18-32-10-4-3-5-11-32)24(16-30-31)21-12-20-13-22(28-17-25(20)29-15-21)14-27(33)19-6-8-23(34-2)9-7-19/h12-13,15-17,19,23H,3-11,14,18H2,1-2H3. The van der Waals surface area contributed by atoms with E-state index in [2.05, 4.69) is 26.0 Å². The molecule has 1 aliphatic carbocycles. The molecule has 1 saturated heterocycles. The van der Waals surface area contributed by atoms with E-state index < -0.39 is 0 Å². The lowest BCUT2D eigenvalue weighted by Crippen LogP contribution is -2.30. The monoisotopic (exact) mass is 461 g/mol. The molecule has 5 rings (SSSR count). The van der Waals surface area contributed by atoms with Crippen LogP contribution < -0.4 is 0 Å². The lowest BCUT2D eigenvalue weighted by molar-refractivity contribution is -0.124. The van der Waals surface area contributed by atoms with Crippen LogP contribution in [-0.2, 0) is 29.5 Å². The highest BCUT2D eigenvalue weighted by Crippen LogP contribution is 2.29. The molecule has 0 unspecified atom stereocenters. The van der Waals surface area contributed by atoms with Crippen molar-refractivity contribution in [1.29, 1.82) is 0 Å². The average molecular weight is 462 g/mol. The van der Waals surface area contributed by atoms with Crippen LogP contribution in [0, 0.1) is 5.92 Å². The summed E-state index contributed by atoms with van der Waals surface area (Å²) < 4.78 is 7.44. The summed E-state index contributed by atoms with van der Waals surface area (Å²) in [4.78, 5) is 24.6. The number of hydrogen-bond donors (Lipinski definition) is 0. The van der Waals surface area contributed by atoms with Crippen LogP contribution in [0.1, 0.15) is 56.3 Å². The maximum atomic E-state index is 12.9. The summed E-state index contributed by atoms with van der Waals surface area (Å²) in [7, 11) is 3.78. The minimum Gasteiger partial charge on any atom is -0.381 e. The van der Waals surface area contributed by atoms with Crippen molar-refractivity contribution < 1.29 is 9.53 Å². The first kappa shape index (κ1) is 23.1. The number of methoxy groups -OCH3 is 1. The Hall–Kier alpha value is -2.64. The Bertz CT molecular complexity index is 1140. The van der Waals surface area contributed by atoms with Crippen molar-refractivity contribution in [3.63, 3.8) is 0 Å². The lowest BCUT2D eigenvalue weighted by Gasteiger charge is -2.26. The van der Waals surface area contributed by atoms with E-state index in [0.29, 0.717) is 18.3 Å². The number of fused-ring (bicyclic) bond motifs is 1. The Morgan fingerprint density at radius 1 is 1.03 bits per heavy atom. The highest BCUT2D eigenvalue weighted by molar-refractivity contribution is 5.86. The Kier molecular flexibility index (Phi) is 7.02. The lowest BCUT2D eigenvalue weighted by atomic mass is 9.83. The number of Topliss-reactive ketones (excluding diaryl/α,β-unsaturated/α-hetero) is 1. The number of aromatic nitrogens is 4. The van der Waals surface area contributed by atoms with Crippen LogP contribution >= 0.6 is 0 Å². The molecule has 2 fully saturated rings. The van der Waals surface area contributed by atoms with Gasteiger partial charge in [0.15, 0.2) is 0 Å². The number of hydrogen-bond acceptors (Lipinski definition) is 6. The van der Waals surface area contributed by atoms with Crippen LogP contribution in [0.2, 0.25) is 0 Å². The fourth-order valence-corrected chi connectivity index (χ4v) is 5.48. The summed E-state index contributed by atoms with van der Waals surface area (Å²) in [5, 5.41) is 5.57. The molecule has 2 aliphatic rings. The minimum absolute atomic E-state index is 0.126. The molecule has 1 aliphatic heterocycles. The highest BCUT2D eigenvalue weighted by atomic mass is 16.5. The fraction of sp³-hybridized carbons (Fsp3) is 0.556. The second-order valence-electron chi connectivity index (χ2n) is 9.91. The third kappa shape index (κ3) is 5.05. The summed E-state index contributed by atoms with van der Waals surface area (Å²) in [5.41, 5.74) is 5.09. The van der Waals surface area contributed by atoms with E-state index in [9.17, 15) is 4.79 Å². The summed E-state index contributed by atoms with van der Waals surface area (Å²) >= 11 is 0. The predicted octanol–water partition coefficient (Wildman–Crippen LogP) is 4.33. The van der Waals surface area contributed by atoms with Gasteiger partial charge in [-0.3, -0.25) is 24.3 Å². The first-order valence-corrected chi connectivity index (χ1v) is 12.6. The van der Waals surface area contributed by atoms with Crippen LogP contribution in [0.15, 0.2) is 30.7 Å². The molecule has 0 amide bonds. The molecule has 0 radical (unpaired) electrons. The van der Waals surface area contributed by atoms with Crippen molar-refractivity contribution in [2.45, 2.75) is 64.0 Å². The van der Waals surface area contributed by atoms with Crippen molar-refractivity contribution in [2.24, 2.45) is 13.0 Å². The number of aryl methyl sites for hydroxylation is 1. The van der Waals surface area contributed by atoms with E-state index in [1.165, 1.54) is 25.0 Å². The maximum Gasteiger partial charge on any atom is 0.141 e. The van der Waals surface area contributed by atoms with Gasteiger partial charge in [-0.1, -0.05) is 6.42 Å². The predicted molar refractivity (Wildman–Crippen MR) is 132 cm³/mol. The van der Waals surface area contributed by atoms with Gasteiger partial charge >= 0.3 is 0 Å². The van der Waals surface area contributed by atoms with E-state index in [1.54, 1.807) is 13.3 Å². The Balaban J connectivity index is 1.34. The number of rotatable bonds is 7. The van der Waals surface area contributed by atoms with Crippen LogP contribution in [0.3, 0.4) is 0 Å². The topological polar surface area (TPSA) is 73.1 Å². The molecule has 0 N–H and O–H groups in total. The van der Waals surface area contributed by atoms with Gasteiger partial charge in [-0.2, -0.15) is 5.10 Å². The van der Waals surface area contributed by atoms with Crippen molar-refractivity contribution in [3.8, 4) is 11.1 Å². The Morgan fingerprint density at radius 2 is 1.82 bits per heavy atom. The molecule has 7 heteroatoms. The highest BCUT2D eigenvalue weighted by Gasteiger charge is 2.26. The number of carbonyl (C=O) groups is 1. The maximum absolute atomic E-state index is 12.9. The van der Waals surface area contributed by atoms with E-state index in [4.69, 9.17) is 4.74 Å². The van der Waals surface area contributed by atoms with Crippen LogP contribution in [0.5, 0.6) is 0 Å². The van der Waals surface area contributed by atoms with Gasteiger partial charge in [0, 0.05) is 61.4 Å². The van der Waals surface area contributed by atoms with Gasteiger partial charge in [0.05, 0.1) is 29.7 Å². The molecule has 3 aromatic heterocycles. The summed E-state index contributed by atoms with van der Waals surface area (Å²) in [6.45, 7) is 3.21. The Morgan fingerprint density at radius 3 is 2.59 bits per heavy atom. The largest absolute Gasteiger partial charge is 0.381 e. The quantitative estimate of drug-likeness (QED) is 0.521. The van der Waals surface area contributed by atoms with Crippen LogP contribution in [0.4, 0.5) is 0 Å². The normalized spacial score (nSPS) is 21.7. The smallest absolute Gasteiger partial charge is 0.141 e. The van der Waals surface area contributed by atoms with Crippen molar-refractivity contribution in [2.75, 3.05) is 20.2 Å². The van der Waals surface area contributed by atoms with E-state index in [0.717, 1.165) is 73.0 Å². The van der Waals surface area contributed by atoms with Gasteiger partial charge in [-0.05, 0) is 63.7 Å². The first-order valence-electron chi connectivity index (χ1n) is 12.6. The molecule has 0 atom stereocenters. The zero-order chi connectivity index (χ0) is 23.5. The number of ether oxygens (including phenoxy) is 1. The zero-order valence-electron chi connectivity index (χ0n) is 20.4. The second-order valence-corrected chi connectivity index (χ2v) is 9.91. The summed E-state index contributed by atoms with van der Waals surface area (Å²) in [6.07, 6.45) is 14.0. The van der Waals surface area contributed by atoms with Crippen molar-refractivity contribution in [3.05, 3.63) is 42.1 Å². The molecule has 7 nitrogen and oxygen atoms in total. The molecular weight excluding hydrogens is 426 g/mol. The number of pyridine rings is 2. The van der Waals surface area contributed by atoms with Gasteiger partial charge in [-0.25, -0.2) is 0 Å². The van der Waals surface area contributed by atoms with Gasteiger partial charge in [-0.15, -0.1) is 0 Å². The van der Waals surface area contributed by atoms with Crippen molar-refractivity contribution in [1.82, 2.24) is 24.6 Å². The molecule has 180 valence electrons. The number of carbonyl (C=O) groups excluding carboxylic acids is 1. The summed E-state index contributed by atoms with van der Waals surface area (Å²) in [5.74, 6) is 0.419. The SMILES string of the molecule is COC1CCC(C(=O)Cc2cc3cc(-c4cnn(C)c4CN4CCCCC4)cnc3cn2)CC1. The van der Waals surface area contributed by atoms with Crippen molar-refractivity contribution >= 4 is 16.7 Å². The third-order valence-corrected chi connectivity index (χ3v) is 7.64. The molecule has 0 aromatic carbocycles. The minimum atomic E-state index is 0.126. The fourth-order valence-electron chi connectivity index (χ4n) is 5.48. The van der Waals surface area contributed by atoms with Crippen LogP contribution in [-0.4, -0.2) is 56.7 Å².